The summed E-state index contributed by atoms with van der Waals surface area (Å²) in [4.78, 5) is 19.9. The van der Waals surface area contributed by atoms with Gasteiger partial charge in [-0.3, -0.25) is 4.79 Å². The molecule has 1 atom stereocenters. The van der Waals surface area contributed by atoms with E-state index in [1.807, 2.05) is 11.8 Å². The molecule has 2 aliphatic rings. The van der Waals surface area contributed by atoms with Gasteiger partial charge in [-0.1, -0.05) is 26.2 Å². The quantitative estimate of drug-likeness (QED) is 0.506. The molecule has 3 rings (SSSR count). The number of amides is 1. The normalized spacial score (nSPS) is 19.5. The molecule has 5 nitrogen and oxygen atoms in total. The summed E-state index contributed by atoms with van der Waals surface area (Å²) in [5.41, 5.74) is -0.0297. The number of aromatic nitrogens is 1. The molecule has 2 heterocycles. The number of carbonyl (C=O) groups is 1. The number of pyridine rings is 1. The molecular formula is C24H35F3N4O. The van der Waals surface area contributed by atoms with E-state index in [0.29, 0.717) is 29.8 Å². The first kappa shape index (κ1) is 26.0. The first-order chi connectivity index (χ1) is 15.3. The zero-order chi connectivity index (χ0) is 23.6. The average Bonchev–Trinajstić information content (AvgIpc) is 2.80. The van der Waals surface area contributed by atoms with Crippen molar-refractivity contribution in [1.82, 2.24) is 9.88 Å². The van der Waals surface area contributed by atoms with E-state index in [0.717, 1.165) is 64.3 Å². The smallest absolute Gasteiger partial charge is 0.356 e. The van der Waals surface area contributed by atoms with Crippen LogP contribution in [0.3, 0.4) is 0 Å². The molecule has 2 fully saturated rings. The Kier molecular flexibility index (Phi) is 10.3. The number of anilines is 1. The highest BCUT2D eigenvalue weighted by Gasteiger charge is 2.32. The van der Waals surface area contributed by atoms with Crippen molar-refractivity contribution in [2.75, 3.05) is 24.5 Å². The number of aryl methyl sites for hydroxylation is 1. The van der Waals surface area contributed by atoms with Crippen LogP contribution in [0.5, 0.6) is 0 Å². The Morgan fingerprint density at radius 1 is 1.25 bits per heavy atom. The van der Waals surface area contributed by atoms with Gasteiger partial charge in [-0.05, 0) is 56.1 Å². The second-order valence-electron chi connectivity index (χ2n) is 8.66. The van der Waals surface area contributed by atoms with Crippen LogP contribution in [-0.4, -0.2) is 42.0 Å². The van der Waals surface area contributed by atoms with Crippen LogP contribution >= 0.6 is 0 Å². The highest BCUT2D eigenvalue weighted by atomic mass is 19.4. The molecule has 1 aliphatic heterocycles. The van der Waals surface area contributed by atoms with Gasteiger partial charge in [0.05, 0.1) is 11.6 Å². The van der Waals surface area contributed by atoms with Crippen molar-refractivity contribution in [2.45, 2.75) is 83.9 Å². The Labute approximate surface area is 189 Å². The largest absolute Gasteiger partial charge is 0.417 e. The molecule has 8 heteroatoms. The van der Waals surface area contributed by atoms with Crippen LogP contribution in [-0.2, 0) is 17.4 Å². The summed E-state index contributed by atoms with van der Waals surface area (Å²) in [6.07, 6.45) is 7.02. The monoisotopic (exact) mass is 452 g/mol. The first-order valence-corrected chi connectivity index (χ1v) is 11.7. The van der Waals surface area contributed by atoms with E-state index in [1.54, 1.807) is 6.07 Å². The highest BCUT2D eigenvalue weighted by molar-refractivity contribution is 5.49. The van der Waals surface area contributed by atoms with Crippen molar-refractivity contribution in [3.8, 4) is 6.07 Å². The van der Waals surface area contributed by atoms with Gasteiger partial charge in [0.2, 0.25) is 6.41 Å². The van der Waals surface area contributed by atoms with Gasteiger partial charge >= 0.3 is 6.18 Å². The van der Waals surface area contributed by atoms with Crippen LogP contribution in [0.4, 0.5) is 19.0 Å². The minimum absolute atomic E-state index is 0.379. The number of rotatable bonds is 7. The van der Waals surface area contributed by atoms with Gasteiger partial charge in [0.1, 0.15) is 5.82 Å². The Morgan fingerprint density at radius 2 is 1.94 bits per heavy atom. The predicted molar refractivity (Wildman–Crippen MR) is 119 cm³/mol. The molecule has 1 saturated carbocycles. The number of hydrogen-bond donors (Lipinski definition) is 0. The number of nitrogens with zero attached hydrogens (tertiary/aromatic N) is 4. The van der Waals surface area contributed by atoms with Gasteiger partial charge in [0.15, 0.2) is 0 Å². The van der Waals surface area contributed by atoms with Crippen LogP contribution in [0, 0.1) is 17.2 Å². The lowest BCUT2D eigenvalue weighted by atomic mass is 9.92. The van der Waals surface area contributed by atoms with Crippen LogP contribution in [0.2, 0.25) is 0 Å². The fourth-order valence-corrected chi connectivity index (χ4v) is 4.76. The third-order valence-electron chi connectivity index (χ3n) is 6.44. The Balaban J connectivity index is 0.00000114. The third-order valence-corrected chi connectivity index (χ3v) is 6.44. The number of alkyl halides is 3. The molecule has 1 aliphatic carbocycles. The van der Waals surface area contributed by atoms with Crippen molar-refractivity contribution in [3.05, 3.63) is 23.4 Å². The maximum atomic E-state index is 13.0. The minimum atomic E-state index is -4.36. The molecule has 1 aromatic rings. The van der Waals surface area contributed by atoms with Crippen molar-refractivity contribution >= 4 is 12.2 Å². The standard InChI is InChI=1S/C22H32F3N3O.C2H3N/c1-2-18-13-19(22(23,24)25)14-26-21(18)27-11-6-7-17(15-27)10-12-28(16-29)20-8-4-3-5-9-20;1-2-3/h13-14,16-17,20H,2-12,15H2,1H3;1H3. The number of halogens is 3. The first-order valence-electron chi connectivity index (χ1n) is 11.7. The molecule has 0 spiro atoms. The van der Waals surface area contributed by atoms with Gasteiger partial charge in [0.25, 0.3) is 0 Å². The predicted octanol–water partition coefficient (Wildman–Crippen LogP) is 5.59. The summed E-state index contributed by atoms with van der Waals surface area (Å²) in [6, 6.07) is 3.37. The van der Waals surface area contributed by atoms with E-state index >= 15 is 0 Å². The van der Waals surface area contributed by atoms with Crippen molar-refractivity contribution in [3.63, 3.8) is 0 Å². The molecule has 0 radical (unpaired) electrons. The summed E-state index contributed by atoms with van der Waals surface area (Å²) in [6.45, 7) is 5.69. The molecule has 178 valence electrons. The van der Waals surface area contributed by atoms with Crippen LogP contribution in [0.25, 0.3) is 0 Å². The number of hydrogen-bond acceptors (Lipinski definition) is 4. The molecule has 32 heavy (non-hydrogen) atoms. The van der Waals surface area contributed by atoms with Gasteiger partial charge in [-0.15, -0.1) is 0 Å². The maximum absolute atomic E-state index is 13.0. The zero-order valence-corrected chi connectivity index (χ0v) is 19.2. The lowest BCUT2D eigenvalue weighted by molar-refractivity contribution is -0.137. The average molecular weight is 453 g/mol. The zero-order valence-electron chi connectivity index (χ0n) is 19.2. The second kappa shape index (κ2) is 12.7. The summed E-state index contributed by atoms with van der Waals surface area (Å²) in [7, 11) is 0. The van der Waals surface area contributed by atoms with Crippen LogP contribution < -0.4 is 4.90 Å². The number of nitriles is 1. The van der Waals surface area contributed by atoms with E-state index < -0.39 is 11.7 Å². The summed E-state index contributed by atoms with van der Waals surface area (Å²) >= 11 is 0. The SMILES string of the molecule is CC#N.CCc1cc(C(F)(F)F)cnc1N1CCCC(CCN(C=O)C2CCCCC2)C1. The van der Waals surface area contributed by atoms with Crippen molar-refractivity contribution < 1.29 is 18.0 Å². The van der Waals surface area contributed by atoms with Crippen molar-refractivity contribution in [2.24, 2.45) is 5.92 Å². The highest BCUT2D eigenvalue weighted by Crippen LogP contribution is 2.33. The van der Waals surface area contributed by atoms with E-state index in [9.17, 15) is 18.0 Å². The van der Waals surface area contributed by atoms with Gasteiger partial charge in [-0.2, -0.15) is 18.4 Å². The van der Waals surface area contributed by atoms with Gasteiger partial charge in [-0.25, -0.2) is 4.98 Å². The molecule has 1 aromatic heterocycles. The minimum Gasteiger partial charge on any atom is -0.356 e. The van der Waals surface area contributed by atoms with Gasteiger partial charge in [0, 0.05) is 38.8 Å². The maximum Gasteiger partial charge on any atom is 0.417 e. The fraction of sp³-hybridized carbons (Fsp3) is 0.708. The Hall–Kier alpha value is -2.30. The molecule has 0 aromatic carbocycles. The van der Waals surface area contributed by atoms with Gasteiger partial charge < -0.3 is 9.80 Å². The number of carbonyl (C=O) groups excluding carboxylic acids is 1. The van der Waals surface area contributed by atoms with E-state index in [-0.39, 0.29) is 0 Å². The summed E-state index contributed by atoms with van der Waals surface area (Å²) in [5.74, 6) is 1.12. The Bertz CT molecular complexity index is 757. The van der Waals surface area contributed by atoms with Crippen LogP contribution in [0.1, 0.15) is 76.3 Å². The topological polar surface area (TPSA) is 60.2 Å². The van der Waals surface area contributed by atoms with Crippen LogP contribution in [0.15, 0.2) is 12.3 Å². The molecule has 1 saturated heterocycles. The lowest BCUT2D eigenvalue weighted by Gasteiger charge is -2.37. The second-order valence-corrected chi connectivity index (χ2v) is 8.66. The lowest BCUT2D eigenvalue weighted by Crippen LogP contribution is -2.40. The van der Waals surface area contributed by atoms with E-state index in [4.69, 9.17) is 5.26 Å². The molecular weight excluding hydrogens is 417 g/mol. The Morgan fingerprint density at radius 3 is 2.53 bits per heavy atom. The number of piperidine rings is 1. The molecule has 1 amide bonds. The van der Waals surface area contributed by atoms with E-state index in [2.05, 4.69) is 9.88 Å². The summed E-state index contributed by atoms with van der Waals surface area (Å²) in [5, 5.41) is 7.32. The summed E-state index contributed by atoms with van der Waals surface area (Å²) < 4.78 is 39.0. The molecule has 0 bridgehead atoms. The fourth-order valence-electron chi connectivity index (χ4n) is 4.76. The van der Waals surface area contributed by atoms with Crippen molar-refractivity contribution in [1.29, 1.82) is 5.26 Å². The van der Waals surface area contributed by atoms with E-state index in [1.165, 1.54) is 32.3 Å². The molecule has 1 unspecified atom stereocenters. The third kappa shape index (κ3) is 7.39. The molecule has 0 N–H and O–H groups in total.